The number of alkyl halides is 3. The minimum absolute atomic E-state index is 0.0394. The first-order valence-corrected chi connectivity index (χ1v) is 10.5. The molecule has 0 unspecified atom stereocenters. The summed E-state index contributed by atoms with van der Waals surface area (Å²) in [4.78, 5) is 44.1. The fourth-order valence-electron chi connectivity index (χ4n) is 3.63. The highest BCUT2D eigenvalue weighted by Crippen LogP contribution is 2.19. The molecule has 2 N–H and O–H groups in total. The Labute approximate surface area is 192 Å². The molecule has 0 radical (unpaired) electrons. The zero-order valence-corrected chi connectivity index (χ0v) is 18.7. The molecule has 0 atom stereocenters. The standard InChI is InChI=1S/C22H25F3N6O3/c1-3-30-20(33)18(19(26)31(21(30)34)11-15-7-5-4-6-8-15)16(32)12-28(2)13-17-27-9-10-29(17)14-22(23,24)25/h4-10H,3,11-14,26H2,1-2H3. The molecule has 0 aliphatic rings. The molecule has 2 heterocycles. The van der Waals surface area contributed by atoms with E-state index in [1.54, 1.807) is 31.2 Å². The third kappa shape index (κ3) is 5.63. The summed E-state index contributed by atoms with van der Waals surface area (Å²) >= 11 is 0. The summed E-state index contributed by atoms with van der Waals surface area (Å²) in [5.41, 5.74) is 5.12. The molecule has 0 saturated carbocycles. The number of Topliss-reactive ketones (excluding diaryl/α,β-unsaturated/α-hetero) is 1. The molecule has 0 amide bonds. The average molecular weight is 478 g/mol. The number of hydrogen-bond acceptors (Lipinski definition) is 6. The zero-order chi connectivity index (χ0) is 25.0. The lowest BCUT2D eigenvalue weighted by atomic mass is 10.1. The smallest absolute Gasteiger partial charge is 0.384 e. The molecule has 1 aromatic carbocycles. The number of nitrogen functional groups attached to an aromatic ring is 1. The number of ketones is 1. The van der Waals surface area contributed by atoms with E-state index in [1.807, 2.05) is 6.07 Å². The molecule has 0 spiro atoms. The van der Waals surface area contributed by atoms with Crippen LogP contribution in [-0.2, 0) is 26.2 Å². The Bertz CT molecular complexity index is 1280. The van der Waals surface area contributed by atoms with Crippen LogP contribution in [0.25, 0.3) is 0 Å². The highest BCUT2D eigenvalue weighted by atomic mass is 19.4. The SMILES string of the molecule is CCn1c(=O)c(C(=O)CN(C)Cc2nccn2CC(F)(F)F)c(N)n(Cc2ccccc2)c1=O. The molecule has 3 rings (SSSR count). The van der Waals surface area contributed by atoms with Crippen LogP contribution in [0.5, 0.6) is 0 Å². The fraction of sp³-hybridized carbons (Fsp3) is 0.364. The largest absolute Gasteiger partial charge is 0.406 e. The van der Waals surface area contributed by atoms with Gasteiger partial charge in [0.25, 0.3) is 5.56 Å². The van der Waals surface area contributed by atoms with E-state index in [0.717, 1.165) is 14.7 Å². The van der Waals surface area contributed by atoms with Crippen molar-refractivity contribution in [3.05, 3.63) is 80.5 Å². The van der Waals surface area contributed by atoms with Crippen LogP contribution in [0.1, 0.15) is 28.7 Å². The van der Waals surface area contributed by atoms with Crippen LogP contribution in [0.2, 0.25) is 0 Å². The van der Waals surface area contributed by atoms with Crippen molar-refractivity contribution in [1.82, 2.24) is 23.6 Å². The number of hydrogen-bond donors (Lipinski definition) is 1. The highest BCUT2D eigenvalue weighted by Gasteiger charge is 2.29. The van der Waals surface area contributed by atoms with E-state index in [4.69, 9.17) is 5.73 Å². The fourth-order valence-corrected chi connectivity index (χ4v) is 3.63. The zero-order valence-electron chi connectivity index (χ0n) is 18.7. The van der Waals surface area contributed by atoms with Gasteiger partial charge in [-0.25, -0.2) is 9.78 Å². The Balaban J connectivity index is 1.88. The minimum atomic E-state index is -4.42. The van der Waals surface area contributed by atoms with E-state index >= 15 is 0 Å². The molecule has 182 valence electrons. The lowest BCUT2D eigenvalue weighted by Gasteiger charge is -2.19. The normalized spacial score (nSPS) is 11.8. The number of aromatic nitrogens is 4. The van der Waals surface area contributed by atoms with E-state index in [0.29, 0.717) is 0 Å². The van der Waals surface area contributed by atoms with Gasteiger partial charge in [-0.15, -0.1) is 0 Å². The van der Waals surface area contributed by atoms with Gasteiger partial charge in [0.15, 0.2) is 5.78 Å². The van der Waals surface area contributed by atoms with Gasteiger partial charge in [-0.05, 0) is 19.5 Å². The van der Waals surface area contributed by atoms with Gasteiger partial charge in [-0.2, -0.15) is 13.2 Å². The van der Waals surface area contributed by atoms with Gasteiger partial charge in [0.2, 0.25) is 0 Å². The number of carbonyl (C=O) groups excluding carboxylic acids is 1. The average Bonchev–Trinajstić information content (AvgIpc) is 3.16. The van der Waals surface area contributed by atoms with Gasteiger partial charge in [0.1, 0.15) is 23.8 Å². The predicted molar refractivity (Wildman–Crippen MR) is 120 cm³/mol. The van der Waals surface area contributed by atoms with Crippen molar-refractivity contribution >= 4 is 11.6 Å². The molecule has 0 aliphatic heterocycles. The van der Waals surface area contributed by atoms with E-state index in [2.05, 4.69) is 4.98 Å². The maximum Gasteiger partial charge on any atom is 0.406 e. The highest BCUT2D eigenvalue weighted by molar-refractivity contribution is 6.01. The molecule has 0 fully saturated rings. The number of carbonyl (C=O) groups is 1. The molecule has 34 heavy (non-hydrogen) atoms. The summed E-state index contributed by atoms with van der Waals surface area (Å²) in [6.07, 6.45) is -1.97. The van der Waals surface area contributed by atoms with Crippen molar-refractivity contribution in [2.45, 2.75) is 39.3 Å². The number of rotatable bonds is 9. The van der Waals surface area contributed by atoms with Gasteiger partial charge >= 0.3 is 11.9 Å². The third-order valence-corrected chi connectivity index (χ3v) is 5.22. The van der Waals surface area contributed by atoms with E-state index in [9.17, 15) is 27.6 Å². The maximum absolute atomic E-state index is 13.1. The summed E-state index contributed by atoms with van der Waals surface area (Å²) in [6, 6.07) is 8.96. The second-order valence-electron chi connectivity index (χ2n) is 7.85. The van der Waals surface area contributed by atoms with Crippen LogP contribution >= 0.6 is 0 Å². The van der Waals surface area contributed by atoms with E-state index in [1.165, 1.54) is 28.9 Å². The number of likely N-dealkylation sites (N-methyl/N-ethyl adjacent to an activating group) is 1. The van der Waals surface area contributed by atoms with Crippen LogP contribution in [0.3, 0.4) is 0 Å². The molecule has 9 nitrogen and oxygen atoms in total. The summed E-state index contributed by atoms with van der Waals surface area (Å²) < 4.78 is 41.3. The quantitative estimate of drug-likeness (QED) is 0.470. The number of nitrogens with zero attached hydrogens (tertiary/aromatic N) is 5. The van der Waals surface area contributed by atoms with E-state index < -0.39 is 29.8 Å². The third-order valence-electron chi connectivity index (χ3n) is 5.22. The molecule has 2 aromatic heterocycles. The molecule has 0 saturated heterocycles. The summed E-state index contributed by atoms with van der Waals surface area (Å²) in [5.74, 6) is -0.788. The summed E-state index contributed by atoms with van der Waals surface area (Å²) in [6.45, 7) is 0.121. The topological polar surface area (TPSA) is 108 Å². The van der Waals surface area contributed by atoms with Crippen LogP contribution in [0.15, 0.2) is 52.3 Å². The first-order chi connectivity index (χ1) is 16.0. The number of halogens is 3. The molecule has 12 heteroatoms. The van der Waals surface area contributed by atoms with Crippen molar-refractivity contribution in [3.63, 3.8) is 0 Å². The Morgan fingerprint density at radius 3 is 2.44 bits per heavy atom. The predicted octanol–water partition coefficient (Wildman–Crippen LogP) is 1.73. The Morgan fingerprint density at radius 2 is 1.82 bits per heavy atom. The van der Waals surface area contributed by atoms with Crippen LogP contribution in [0, 0.1) is 0 Å². The number of anilines is 1. The maximum atomic E-state index is 13.1. The van der Waals surface area contributed by atoms with Crippen molar-refractivity contribution in [3.8, 4) is 0 Å². The summed E-state index contributed by atoms with van der Waals surface area (Å²) in [7, 11) is 1.51. The molecule has 0 bridgehead atoms. The number of benzene rings is 1. The van der Waals surface area contributed by atoms with Crippen molar-refractivity contribution in [2.24, 2.45) is 0 Å². The monoisotopic (exact) mass is 478 g/mol. The van der Waals surface area contributed by atoms with Crippen molar-refractivity contribution in [2.75, 3.05) is 19.3 Å². The Hall–Kier alpha value is -3.67. The van der Waals surface area contributed by atoms with Crippen molar-refractivity contribution < 1.29 is 18.0 Å². The van der Waals surface area contributed by atoms with Crippen molar-refractivity contribution in [1.29, 1.82) is 0 Å². The van der Waals surface area contributed by atoms with Crippen LogP contribution in [-0.4, -0.2) is 49.1 Å². The minimum Gasteiger partial charge on any atom is -0.384 e. The van der Waals surface area contributed by atoms with Gasteiger partial charge < -0.3 is 10.3 Å². The van der Waals surface area contributed by atoms with Gasteiger partial charge in [-0.3, -0.25) is 23.6 Å². The van der Waals surface area contributed by atoms with Gasteiger partial charge in [0.05, 0.1) is 19.6 Å². The number of nitrogens with two attached hydrogens (primary N) is 1. The van der Waals surface area contributed by atoms with Crippen LogP contribution in [0.4, 0.5) is 19.0 Å². The number of imidazole rings is 1. The lowest BCUT2D eigenvalue weighted by molar-refractivity contribution is -0.141. The Morgan fingerprint density at radius 1 is 1.15 bits per heavy atom. The molecular formula is C22H25F3N6O3. The second kappa shape index (κ2) is 10.1. The molecule has 0 aliphatic carbocycles. The van der Waals surface area contributed by atoms with Gasteiger partial charge in [-0.1, -0.05) is 30.3 Å². The van der Waals surface area contributed by atoms with E-state index in [-0.39, 0.29) is 43.4 Å². The first-order valence-electron chi connectivity index (χ1n) is 10.5. The Kier molecular flexibility index (Phi) is 7.40. The lowest BCUT2D eigenvalue weighted by Crippen LogP contribution is -2.45. The molecular weight excluding hydrogens is 453 g/mol. The molecule has 3 aromatic rings. The van der Waals surface area contributed by atoms with Gasteiger partial charge in [0, 0.05) is 18.9 Å². The van der Waals surface area contributed by atoms with Crippen LogP contribution < -0.4 is 17.0 Å². The summed E-state index contributed by atoms with van der Waals surface area (Å²) in [5, 5.41) is 0. The second-order valence-corrected chi connectivity index (χ2v) is 7.85. The first kappa shape index (κ1) is 25.0.